The Balaban J connectivity index is 1.71. The third kappa shape index (κ3) is 4.17. The summed E-state index contributed by atoms with van der Waals surface area (Å²) in [4.78, 5) is 4.45. The molecule has 0 N–H and O–H groups in total. The zero-order valence-electron chi connectivity index (χ0n) is 15.8. The molecule has 0 atom stereocenters. The second-order valence-corrected chi connectivity index (χ2v) is 6.63. The summed E-state index contributed by atoms with van der Waals surface area (Å²) in [7, 11) is 0. The van der Waals surface area contributed by atoms with Crippen LogP contribution in [0.2, 0.25) is 0 Å². The molecule has 28 heavy (non-hydrogen) atoms. The predicted octanol–water partition coefficient (Wildman–Crippen LogP) is 5.87. The average Bonchev–Trinajstić information content (AvgIpc) is 3.18. The number of allylic oxidation sites excluding steroid dienone is 1. The van der Waals surface area contributed by atoms with Gasteiger partial charge in [0.05, 0.1) is 17.9 Å². The van der Waals surface area contributed by atoms with Crippen LogP contribution < -0.4 is 0 Å². The van der Waals surface area contributed by atoms with Gasteiger partial charge in [-0.1, -0.05) is 66.7 Å². The summed E-state index contributed by atoms with van der Waals surface area (Å²) in [6.45, 7) is 2.75. The van der Waals surface area contributed by atoms with Gasteiger partial charge in [-0.15, -0.1) is 5.73 Å². The van der Waals surface area contributed by atoms with E-state index in [1.807, 2.05) is 65.4 Å². The third-order valence-electron chi connectivity index (χ3n) is 4.45. The Labute approximate surface area is 165 Å². The largest absolute Gasteiger partial charge is 0.259 e. The molecule has 0 saturated carbocycles. The van der Waals surface area contributed by atoms with Crippen LogP contribution in [0, 0.1) is 0 Å². The van der Waals surface area contributed by atoms with Crippen LogP contribution in [0.3, 0.4) is 0 Å². The first-order chi connectivity index (χ1) is 13.8. The zero-order chi connectivity index (χ0) is 19.2. The van der Waals surface area contributed by atoms with Crippen LogP contribution in [0.1, 0.15) is 12.5 Å². The molecular formula is C25H21N3. The number of benzene rings is 2. The first kappa shape index (κ1) is 17.7. The molecule has 4 rings (SSSR count). The van der Waals surface area contributed by atoms with Gasteiger partial charge in [0.15, 0.2) is 0 Å². The van der Waals surface area contributed by atoms with Crippen molar-refractivity contribution < 1.29 is 0 Å². The molecule has 2 aromatic carbocycles. The molecule has 0 fully saturated rings. The normalized spacial score (nSPS) is 10.3. The van der Waals surface area contributed by atoms with Crippen LogP contribution in [0.25, 0.3) is 28.7 Å². The van der Waals surface area contributed by atoms with E-state index in [2.05, 4.69) is 48.0 Å². The van der Waals surface area contributed by atoms with E-state index in [9.17, 15) is 0 Å². The lowest BCUT2D eigenvalue weighted by Crippen LogP contribution is -2.03. The first-order valence-corrected chi connectivity index (χ1v) is 9.31. The van der Waals surface area contributed by atoms with Crippen LogP contribution in [0.15, 0.2) is 102 Å². The molecule has 2 aromatic heterocycles. The van der Waals surface area contributed by atoms with E-state index >= 15 is 0 Å². The average molecular weight is 363 g/mol. The quantitative estimate of drug-likeness (QED) is 0.415. The van der Waals surface area contributed by atoms with Gasteiger partial charge in [0.25, 0.3) is 0 Å². The standard InChI is InChI=1S/C25H21N3/c1-20(15-16-21-10-4-2-5-11-21)19-28-25(22-12-6-3-7-13-22)18-24(27-28)23-14-8-9-17-26-23/h2-14,16-18H,19H2,1H3. The van der Waals surface area contributed by atoms with Crippen molar-refractivity contribution in [3.8, 4) is 22.6 Å². The molecule has 0 aliphatic carbocycles. The summed E-state index contributed by atoms with van der Waals surface area (Å²) in [5.41, 5.74) is 9.59. The molecule has 0 bridgehead atoms. The van der Waals surface area contributed by atoms with E-state index in [1.165, 1.54) is 0 Å². The van der Waals surface area contributed by atoms with Crippen LogP contribution in [0.4, 0.5) is 0 Å². The molecule has 0 saturated heterocycles. The van der Waals surface area contributed by atoms with Gasteiger partial charge < -0.3 is 0 Å². The molecule has 0 aliphatic rings. The smallest absolute Gasteiger partial charge is 0.111 e. The Morgan fingerprint density at radius 1 is 0.893 bits per heavy atom. The lowest BCUT2D eigenvalue weighted by atomic mass is 10.1. The topological polar surface area (TPSA) is 30.7 Å². The minimum absolute atomic E-state index is 0.667. The van der Waals surface area contributed by atoms with Crippen molar-refractivity contribution in [1.82, 2.24) is 14.8 Å². The zero-order valence-corrected chi connectivity index (χ0v) is 15.8. The highest BCUT2D eigenvalue weighted by molar-refractivity contribution is 5.67. The molecule has 0 aliphatic heterocycles. The maximum Gasteiger partial charge on any atom is 0.111 e. The SMILES string of the molecule is CC(=C=Cc1ccccc1)Cn1nc(-c2ccccn2)cc1-c1ccccc1. The Kier molecular flexibility index (Phi) is 5.28. The van der Waals surface area contributed by atoms with E-state index in [0.29, 0.717) is 6.54 Å². The molecule has 0 radical (unpaired) electrons. The third-order valence-corrected chi connectivity index (χ3v) is 4.45. The van der Waals surface area contributed by atoms with Crippen LogP contribution in [-0.2, 0) is 6.54 Å². The summed E-state index contributed by atoms with van der Waals surface area (Å²) in [6, 6.07) is 28.5. The van der Waals surface area contributed by atoms with Crippen molar-refractivity contribution in [2.24, 2.45) is 0 Å². The molecule has 2 heterocycles. The Bertz CT molecular complexity index is 1100. The summed E-state index contributed by atoms with van der Waals surface area (Å²) < 4.78 is 2.03. The van der Waals surface area contributed by atoms with Crippen LogP contribution in [0.5, 0.6) is 0 Å². The summed E-state index contributed by atoms with van der Waals surface area (Å²) in [5.74, 6) is 0. The van der Waals surface area contributed by atoms with Gasteiger partial charge in [-0.2, -0.15) is 5.10 Å². The Morgan fingerprint density at radius 3 is 2.32 bits per heavy atom. The molecule has 3 heteroatoms. The van der Waals surface area contributed by atoms with Crippen molar-refractivity contribution in [2.45, 2.75) is 13.5 Å². The van der Waals surface area contributed by atoms with Crippen molar-refractivity contribution in [3.63, 3.8) is 0 Å². The first-order valence-electron chi connectivity index (χ1n) is 9.31. The van der Waals surface area contributed by atoms with Crippen molar-refractivity contribution >= 4 is 6.08 Å². The Hall–Kier alpha value is -3.68. The molecule has 136 valence electrons. The van der Waals surface area contributed by atoms with Gasteiger partial charge in [-0.3, -0.25) is 9.67 Å². The predicted molar refractivity (Wildman–Crippen MR) is 114 cm³/mol. The summed E-state index contributed by atoms with van der Waals surface area (Å²) in [6.07, 6.45) is 3.81. The van der Waals surface area contributed by atoms with Gasteiger partial charge in [0.1, 0.15) is 5.69 Å². The van der Waals surface area contributed by atoms with E-state index in [0.717, 1.165) is 33.8 Å². The fourth-order valence-corrected chi connectivity index (χ4v) is 3.04. The number of rotatable bonds is 5. The van der Waals surface area contributed by atoms with Gasteiger partial charge in [-0.25, -0.2) is 0 Å². The Morgan fingerprint density at radius 2 is 1.61 bits per heavy atom. The second-order valence-electron chi connectivity index (χ2n) is 6.63. The lowest BCUT2D eigenvalue weighted by Gasteiger charge is -2.06. The van der Waals surface area contributed by atoms with Crippen LogP contribution in [-0.4, -0.2) is 14.8 Å². The second kappa shape index (κ2) is 8.34. The maximum atomic E-state index is 4.83. The summed E-state index contributed by atoms with van der Waals surface area (Å²) >= 11 is 0. The minimum atomic E-state index is 0.667. The van der Waals surface area contributed by atoms with Gasteiger partial charge in [0, 0.05) is 6.20 Å². The van der Waals surface area contributed by atoms with Crippen molar-refractivity contribution in [2.75, 3.05) is 0 Å². The van der Waals surface area contributed by atoms with Gasteiger partial charge in [0.2, 0.25) is 0 Å². The summed E-state index contributed by atoms with van der Waals surface area (Å²) in [5, 5.41) is 4.83. The highest BCUT2D eigenvalue weighted by Gasteiger charge is 2.12. The fraction of sp³-hybridized carbons (Fsp3) is 0.0800. The molecule has 3 nitrogen and oxygen atoms in total. The fourth-order valence-electron chi connectivity index (χ4n) is 3.04. The molecular weight excluding hydrogens is 342 g/mol. The number of pyridine rings is 1. The van der Waals surface area contributed by atoms with E-state index in [-0.39, 0.29) is 0 Å². The molecule has 4 aromatic rings. The van der Waals surface area contributed by atoms with E-state index in [4.69, 9.17) is 5.10 Å². The van der Waals surface area contributed by atoms with E-state index < -0.39 is 0 Å². The van der Waals surface area contributed by atoms with Crippen molar-refractivity contribution in [3.05, 3.63) is 108 Å². The number of nitrogens with zero attached hydrogens (tertiary/aromatic N) is 3. The van der Waals surface area contributed by atoms with E-state index in [1.54, 1.807) is 6.20 Å². The highest BCUT2D eigenvalue weighted by Crippen LogP contribution is 2.25. The van der Waals surface area contributed by atoms with Gasteiger partial charge >= 0.3 is 0 Å². The van der Waals surface area contributed by atoms with Gasteiger partial charge in [-0.05, 0) is 47.9 Å². The molecule has 0 amide bonds. The lowest BCUT2D eigenvalue weighted by molar-refractivity contribution is 0.687. The highest BCUT2D eigenvalue weighted by atomic mass is 15.3. The number of aromatic nitrogens is 3. The van der Waals surface area contributed by atoms with Crippen molar-refractivity contribution in [1.29, 1.82) is 0 Å². The number of hydrogen-bond donors (Lipinski definition) is 0. The molecule has 0 spiro atoms. The minimum Gasteiger partial charge on any atom is -0.259 e. The maximum absolute atomic E-state index is 4.83. The monoisotopic (exact) mass is 363 g/mol. The van der Waals surface area contributed by atoms with Crippen LogP contribution >= 0.6 is 0 Å². The number of hydrogen-bond acceptors (Lipinski definition) is 2. The molecule has 0 unspecified atom stereocenters.